The molecule has 1 heterocycles. The van der Waals surface area contributed by atoms with Gasteiger partial charge in [-0.2, -0.15) is 0 Å². The van der Waals surface area contributed by atoms with Gasteiger partial charge in [0.2, 0.25) is 0 Å². The Labute approximate surface area is 97.1 Å². The summed E-state index contributed by atoms with van der Waals surface area (Å²) < 4.78 is 13.6. The molecule has 1 aliphatic rings. The Morgan fingerprint density at radius 2 is 2.06 bits per heavy atom. The van der Waals surface area contributed by atoms with Crippen LogP contribution in [0.4, 0.5) is 4.39 Å². The van der Waals surface area contributed by atoms with E-state index in [9.17, 15) is 4.39 Å². The largest absolute Gasteiger partial charge is 0.308 e. The Bertz CT molecular complexity index is 365. The van der Waals surface area contributed by atoms with Gasteiger partial charge in [0.05, 0.1) is 0 Å². The van der Waals surface area contributed by atoms with Crippen LogP contribution in [0, 0.1) is 12.7 Å². The highest BCUT2D eigenvalue weighted by Gasteiger charge is 2.27. The minimum absolute atomic E-state index is 0.0506. The normalized spacial score (nSPS) is 26.4. The number of nitrogens with one attached hydrogen (secondary N) is 1. The predicted molar refractivity (Wildman–Crippen MR) is 65.0 cm³/mol. The van der Waals surface area contributed by atoms with E-state index in [1.54, 1.807) is 6.07 Å². The molecule has 2 rings (SSSR count). The molecule has 1 saturated heterocycles. The molecule has 1 aliphatic heterocycles. The Morgan fingerprint density at radius 3 is 2.81 bits per heavy atom. The van der Waals surface area contributed by atoms with E-state index in [4.69, 9.17) is 0 Å². The Hall–Kier alpha value is -0.890. The van der Waals surface area contributed by atoms with Crippen LogP contribution in [0.3, 0.4) is 0 Å². The van der Waals surface area contributed by atoms with Crippen molar-refractivity contribution in [3.05, 3.63) is 35.1 Å². The van der Waals surface area contributed by atoms with Crippen LogP contribution >= 0.6 is 0 Å². The first-order valence-corrected chi connectivity index (χ1v) is 6.13. The van der Waals surface area contributed by atoms with Gasteiger partial charge < -0.3 is 5.32 Å². The van der Waals surface area contributed by atoms with Crippen LogP contribution in [0.5, 0.6) is 0 Å². The molecule has 1 aromatic rings. The number of hydrogen-bond donors (Lipinski definition) is 1. The van der Waals surface area contributed by atoms with Crippen LogP contribution in [0.2, 0.25) is 0 Å². The van der Waals surface area contributed by atoms with Gasteiger partial charge in [0.1, 0.15) is 5.82 Å². The van der Waals surface area contributed by atoms with Crippen molar-refractivity contribution in [3.63, 3.8) is 0 Å². The van der Waals surface area contributed by atoms with Crippen molar-refractivity contribution < 1.29 is 4.39 Å². The summed E-state index contributed by atoms with van der Waals surface area (Å²) in [4.78, 5) is 0. The lowest BCUT2D eigenvalue weighted by Crippen LogP contribution is -2.38. The highest BCUT2D eigenvalue weighted by molar-refractivity contribution is 5.29. The number of benzene rings is 1. The van der Waals surface area contributed by atoms with Gasteiger partial charge in [-0.3, -0.25) is 0 Å². The molecule has 1 aromatic carbocycles. The van der Waals surface area contributed by atoms with Crippen molar-refractivity contribution in [2.75, 3.05) is 6.54 Å². The van der Waals surface area contributed by atoms with E-state index >= 15 is 0 Å². The molecule has 0 saturated carbocycles. The standard InChI is InChI=1S/C14H20FN/c1-11-6-7-12(10-13(11)15)14(2)8-4-3-5-9-16-14/h6-7,10,16H,3-5,8-9H2,1-2H3. The Morgan fingerprint density at radius 1 is 1.25 bits per heavy atom. The lowest BCUT2D eigenvalue weighted by molar-refractivity contribution is 0.358. The van der Waals surface area contributed by atoms with E-state index in [1.807, 2.05) is 13.0 Å². The van der Waals surface area contributed by atoms with E-state index in [0.717, 1.165) is 24.1 Å². The van der Waals surface area contributed by atoms with E-state index < -0.39 is 0 Å². The minimum Gasteiger partial charge on any atom is -0.308 e. The number of aryl methyl sites for hydroxylation is 1. The van der Waals surface area contributed by atoms with Crippen LogP contribution in [0.25, 0.3) is 0 Å². The first kappa shape index (κ1) is 11.6. The molecule has 0 bridgehead atoms. The van der Waals surface area contributed by atoms with Crippen molar-refractivity contribution in [1.82, 2.24) is 5.32 Å². The highest BCUT2D eigenvalue weighted by Crippen LogP contribution is 2.30. The zero-order valence-electron chi connectivity index (χ0n) is 10.1. The van der Waals surface area contributed by atoms with E-state index in [-0.39, 0.29) is 11.4 Å². The smallest absolute Gasteiger partial charge is 0.126 e. The summed E-state index contributed by atoms with van der Waals surface area (Å²) in [5.74, 6) is -0.0928. The van der Waals surface area contributed by atoms with Crippen LogP contribution < -0.4 is 5.32 Å². The van der Waals surface area contributed by atoms with Gasteiger partial charge in [0.15, 0.2) is 0 Å². The number of hydrogen-bond acceptors (Lipinski definition) is 1. The van der Waals surface area contributed by atoms with Gasteiger partial charge in [0, 0.05) is 5.54 Å². The maximum Gasteiger partial charge on any atom is 0.126 e. The number of halogens is 1. The SMILES string of the molecule is Cc1ccc(C2(C)CCCCCN2)cc1F. The third-order valence-corrected chi connectivity index (χ3v) is 3.68. The maximum absolute atomic E-state index is 13.6. The van der Waals surface area contributed by atoms with Crippen molar-refractivity contribution in [2.24, 2.45) is 0 Å². The quantitative estimate of drug-likeness (QED) is 0.765. The van der Waals surface area contributed by atoms with Crippen molar-refractivity contribution in [2.45, 2.75) is 45.1 Å². The Kier molecular flexibility index (Phi) is 3.29. The summed E-state index contributed by atoms with van der Waals surface area (Å²) in [6, 6.07) is 5.62. The molecule has 1 fully saturated rings. The highest BCUT2D eigenvalue weighted by atomic mass is 19.1. The van der Waals surface area contributed by atoms with Crippen molar-refractivity contribution in [3.8, 4) is 0 Å². The third kappa shape index (κ3) is 2.27. The lowest BCUT2D eigenvalue weighted by Gasteiger charge is -2.30. The summed E-state index contributed by atoms with van der Waals surface area (Å²) in [6.07, 6.45) is 4.81. The van der Waals surface area contributed by atoms with Gasteiger partial charge in [-0.15, -0.1) is 0 Å². The average Bonchev–Trinajstić information content (AvgIpc) is 2.48. The molecule has 1 nitrogen and oxygen atoms in total. The molecule has 16 heavy (non-hydrogen) atoms. The van der Waals surface area contributed by atoms with Crippen LogP contribution in [-0.2, 0) is 5.54 Å². The fourth-order valence-electron chi connectivity index (χ4n) is 2.42. The van der Waals surface area contributed by atoms with Gasteiger partial charge in [-0.25, -0.2) is 4.39 Å². The molecular formula is C14H20FN. The van der Waals surface area contributed by atoms with Crippen molar-refractivity contribution in [1.29, 1.82) is 0 Å². The molecule has 2 heteroatoms. The molecule has 0 spiro atoms. The molecule has 1 atom stereocenters. The third-order valence-electron chi connectivity index (χ3n) is 3.68. The van der Waals surface area contributed by atoms with E-state index in [0.29, 0.717) is 0 Å². The number of rotatable bonds is 1. The molecule has 0 aliphatic carbocycles. The molecule has 1 unspecified atom stereocenters. The fraction of sp³-hybridized carbons (Fsp3) is 0.571. The van der Waals surface area contributed by atoms with Crippen LogP contribution in [-0.4, -0.2) is 6.54 Å². The molecule has 0 amide bonds. The van der Waals surface area contributed by atoms with E-state index in [2.05, 4.69) is 18.3 Å². The van der Waals surface area contributed by atoms with Gasteiger partial charge in [-0.1, -0.05) is 25.0 Å². The molecule has 1 N–H and O–H groups in total. The second-order valence-electron chi connectivity index (χ2n) is 5.03. The summed E-state index contributed by atoms with van der Waals surface area (Å²) in [7, 11) is 0. The van der Waals surface area contributed by atoms with E-state index in [1.165, 1.54) is 19.3 Å². The topological polar surface area (TPSA) is 12.0 Å². The average molecular weight is 221 g/mol. The summed E-state index contributed by atoms with van der Waals surface area (Å²) in [6.45, 7) is 5.02. The summed E-state index contributed by atoms with van der Waals surface area (Å²) >= 11 is 0. The summed E-state index contributed by atoms with van der Waals surface area (Å²) in [5.41, 5.74) is 1.75. The first-order chi connectivity index (χ1) is 7.62. The van der Waals surface area contributed by atoms with Crippen LogP contribution in [0.1, 0.15) is 43.7 Å². The maximum atomic E-state index is 13.6. The van der Waals surface area contributed by atoms with Gasteiger partial charge in [-0.05, 0) is 50.4 Å². The van der Waals surface area contributed by atoms with Crippen LogP contribution in [0.15, 0.2) is 18.2 Å². The van der Waals surface area contributed by atoms with Gasteiger partial charge >= 0.3 is 0 Å². The lowest BCUT2D eigenvalue weighted by atomic mass is 9.87. The Balaban J connectivity index is 2.29. The predicted octanol–water partition coefficient (Wildman–Crippen LogP) is 3.51. The first-order valence-electron chi connectivity index (χ1n) is 6.13. The van der Waals surface area contributed by atoms with Crippen molar-refractivity contribution >= 4 is 0 Å². The second-order valence-corrected chi connectivity index (χ2v) is 5.03. The fourth-order valence-corrected chi connectivity index (χ4v) is 2.42. The zero-order valence-corrected chi connectivity index (χ0v) is 10.1. The monoisotopic (exact) mass is 221 g/mol. The molecule has 0 radical (unpaired) electrons. The molecule has 88 valence electrons. The summed E-state index contributed by atoms with van der Waals surface area (Å²) in [5, 5.41) is 3.55. The minimum atomic E-state index is -0.0928. The second kappa shape index (κ2) is 4.54. The van der Waals surface area contributed by atoms with Gasteiger partial charge in [0.25, 0.3) is 0 Å². The molecule has 0 aromatic heterocycles. The zero-order chi connectivity index (χ0) is 11.6. The molecular weight excluding hydrogens is 201 g/mol.